The van der Waals surface area contributed by atoms with Gasteiger partial charge in [-0.1, -0.05) is 32.9 Å². The molecule has 142 valence electrons. The number of phenols is 1. The Morgan fingerprint density at radius 3 is 2.62 bits per heavy atom. The maximum atomic E-state index is 10.3. The molecule has 0 aliphatic carbocycles. The second-order valence-electron chi connectivity index (χ2n) is 7.58. The number of rotatable bonds is 6. The Balaban J connectivity index is 2.18. The van der Waals surface area contributed by atoms with Crippen molar-refractivity contribution in [1.82, 2.24) is 10.2 Å². The Labute approximate surface area is 160 Å². The van der Waals surface area contributed by atoms with Crippen LogP contribution in [0.4, 0.5) is 5.69 Å². The molecule has 1 heterocycles. The number of aliphatic imine (C=N–C) groups is 1. The molecule has 0 aliphatic heterocycles. The molecule has 1 aromatic carbocycles. The van der Waals surface area contributed by atoms with Gasteiger partial charge in [0.25, 0.3) is 0 Å². The van der Waals surface area contributed by atoms with Gasteiger partial charge in [-0.3, -0.25) is 0 Å². The van der Waals surface area contributed by atoms with E-state index >= 15 is 0 Å². The first-order valence-electron chi connectivity index (χ1n) is 8.81. The highest BCUT2D eigenvalue weighted by molar-refractivity contribution is 7.09. The number of anilines is 1. The number of likely N-dealkylation sites (N-methyl/N-ethyl adjacent to an activating group) is 1. The van der Waals surface area contributed by atoms with Crippen molar-refractivity contribution in [3.05, 3.63) is 46.2 Å². The summed E-state index contributed by atoms with van der Waals surface area (Å²) in [5.74, 6) is 0.887. The predicted octanol–water partition coefficient (Wildman–Crippen LogP) is 3.87. The van der Waals surface area contributed by atoms with E-state index in [0.29, 0.717) is 18.2 Å². The van der Waals surface area contributed by atoms with Gasteiger partial charge in [0, 0.05) is 18.0 Å². The summed E-state index contributed by atoms with van der Waals surface area (Å²) in [4.78, 5) is 7.98. The lowest BCUT2D eigenvalue weighted by atomic mass is 9.87. The number of phenolic OH excluding ortho intramolecular Hbond substituents is 1. The molecule has 2 aromatic rings. The van der Waals surface area contributed by atoms with Crippen molar-refractivity contribution >= 4 is 23.0 Å². The second-order valence-corrected chi connectivity index (χ2v) is 8.61. The molecule has 1 aromatic heterocycles. The molecule has 0 amide bonds. The number of aromatic hydroxyl groups is 1. The van der Waals surface area contributed by atoms with Gasteiger partial charge in [-0.2, -0.15) is 0 Å². The average molecular weight is 375 g/mol. The zero-order valence-electron chi connectivity index (χ0n) is 16.3. The van der Waals surface area contributed by atoms with Crippen LogP contribution >= 0.6 is 11.3 Å². The molecule has 0 spiro atoms. The van der Waals surface area contributed by atoms with Crippen LogP contribution in [-0.4, -0.2) is 43.2 Å². The van der Waals surface area contributed by atoms with Crippen LogP contribution in [-0.2, 0) is 12.0 Å². The maximum Gasteiger partial charge on any atom is 0.196 e. The third kappa shape index (κ3) is 6.35. The summed E-state index contributed by atoms with van der Waals surface area (Å²) in [6, 6.07) is 9.79. The number of nitrogens with one attached hydrogen (secondary N) is 2. The SMILES string of the molecule is CN(C)CCNC(=NCc1cccs1)Nc1cc(C(C)(C)C)ccc1O. The number of hydrogen-bond donors (Lipinski definition) is 3. The number of thiophene rings is 1. The van der Waals surface area contributed by atoms with E-state index in [2.05, 4.69) is 52.7 Å². The predicted molar refractivity (Wildman–Crippen MR) is 112 cm³/mol. The lowest BCUT2D eigenvalue weighted by Crippen LogP contribution is -2.36. The second kappa shape index (κ2) is 9.05. The van der Waals surface area contributed by atoms with Crippen molar-refractivity contribution in [2.75, 3.05) is 32.5 Å². The van der Waals surface area contributed by atoms with Gasteiger partial charge in [-0.25, -0.2) is 4.99 Å². The molecule has 0 fully saturated rings. The monoisotopic (exact) mass is 374 g/mol. The summed E-state index contributed by atoms with van der Waals surface area (Å²) in [7, 11) is 4.08. The highest BCUT2D eigenvalue weighted by Gasteiger charge is 2.16. The summed E-state index contributed by atoms with van der Waals surface area (Å²) in [6.07, 6.45) is 0. The fraction of sp³-hybridized carbons (Fsp3) is 0.450. The van der Waals surface area contributed by atoms with Crippen molar-refractivity contribution in [2.45, 2.75) is 32.7 Å². The molecular weight excluding hydrogens is 344 g/mol. The van der Waals surface area contributed by atoms with E-state index < -0.39 is 0 Å². The third-order valence-electron chi connectivity index (χ3n) is 3.94. The van der Waals surface area contributed by atoms with Gasteiger partial charge in [-0.15, -0.1) is 11.3 Å². The zero-order chi connectivity index (χ0) is 19.2. The fourth-order valence-electron chi connectivity index (χ4n) is 2.33. The van der Waals surface area contributed by atoms with E-state index in [1.54, 1.807) is 17.4 Å². The van der Waals surface area contributed by atoms with Gasteiger partial charge in [0.1, 0.15) is 5.75 Å². The van der Waals surface area contributed by atoms with E-state index in [9.17, 15) is 5.11 Å². The summed E-state index contributed by atoms with van der Waals surface area (Å²) >= 11 is 1.69. The van der Waals surface area contributed by atoms with Crippen molar-refractivity contribution in [3.8, 4) is 5.75 Å². The minimum absolute atomic E-state index is 0.0107. The van der Waals surface area contributed by atoms with E-state index in [-0.39, 0.29) is 11.2 Å². The lowest BCUT2D eigenvalue weighted by Gasteiger charge is -2.21. The van der Waals surface area contributed by atoms with Crippen LogP contribution in [0.5, 0.6) is 5.75 Å². The van der Waals surface area contributed by atoms with Crippen molar-refractivity contribution in [3.63, 3.8) is 0 Å². The van der Waals surface area contributed by atoms with Crippen LogP contribution in [0.3, 0.4) is 0 Å². The molecule has 0 unspecified atom stereocenters. The molecule has 0 aliphatic rings. The quantitative estimate of drug-likeness (QED) is 0.408. The summed E-state index contributed by atoms with van der Waals surface area (Å²) in [6.45, 7) is 8.74. The first kappa shape index (κ1) is 20.3. The fourth-order valence-corrected chi connectivity index (χ4v) is 2.96. The average Bonchev–Trinajstić information content (AvgIpc) is 3.06. The highest BCUT2D eigenvalue weighted by Crippen LogP contribution is 2.30. The van der Waals surface area contributed by atoms with Crippen LogP contribution < -0.4 is 10.6 Å². The molecule has 0 saturated carbocycles. The molecule has 5 nitrogen and oxygen atoms in total. The molecule has 0 bridgehead atoms. The number of hydrogen-bond acceptors (Lipinski definition) is 4. The first-order chi connectivity index (χ1) is 12.3. The molecule has 2 rings (SSSR count). The number of nitrogens with zero attached hydrogens (tertiary/aromatic N) is 2. The van der Waals surface area contributed by atoms with Crippen LogP contribution in [0.15, 0.2) is 40.7 Å². The highest BCUT2D eigenvalue weighted by atomic mass is 32.1. The Morgan fingerprint density at radius 1 is 1.23 bits per heavy atom. The molecule has 3 N–H and O–H groups in total. The van der Waals surface area contributed by atoms with Gasteiger partial charge in [0.15, 0.2) is 5.96 Å². The standard InChI is InChI=1S/C20H30N4OS/c1-20(2,3)15-8-9-18(25)17(13-15)23-19(21-10-11-24(4)5)22-14-16-7-6-12-26-16/h6-9,12-13,25H,10-11,14H2,1-5H3,(H2,21,22,23). The summed E-state index contributed by atoms with van der Waals surface area (Å²) in [5, 5.41) is 18.9. The lowest BCUT2D eigenvalue weighted by molar-refractivity contribution is 0.412. The topological polar surface area (TPSA) is 59.9 Å². The zero-order valence-corrected chi connectivity index (χ0v) is 17.2. The Morgan fingerprint density at radius 2 is 2.00 bits per heavy atom. The number of guanidine groups is 1. The van der Waals surface area contributed by atoms with Crippen molar-refractivity contribution in [1.29, 1.82) is 0 Å². The molecule has 0 radical (unpaired) electrons. The number of benzene rings is 1. The van der Waals surface area contributed by atoms with Gasteiger partial charge >= 0.3 is 0 Å². The van der Waals surface area contributed by atoms with Crippen LogP contribution in [0.2, 0.25) is 0 Å². The molecule has 26 heavy (non-hydrogen) atoms. The molecular formula is C20H30N4OS. The first-order valence-corrected chi connectivity index (χ1v) is 9.69. The third-order valence-corrected chi connectivity index (χ3v) is 4.80. The summed E-state index contributed by atoms with van der Waals surface area (Å²) < 4.78 is 0. The van der Waals surface area contributed by atoms with Gasteiger partial charge in [0.05, 0.1) is 12.2 Å². The van der Waals surface area contributed by atoms with Crippen molar-refractivity contribution < 1.29 is 5.11 Å². The molecule has 0 saturated heterocycles. The minimum atomic E-state index is 0.0107. The van der Waals surface area contributed by atoms with E-state index in [0.717, 1.165) is 18.7 Å². The normalized spacial score (nSPS) is 12.5. The van der Waals surface area contributed by atoms with E-state index in [1.165, 1.54) is 4.88 Å². The Bertz CT molecular complexity index is 718. The van der Waals surface area contributed by atoms with E-state index in [4.69, 9.17) is 0 Å². The van der Waals surface area contributed by atoms with Crippen LogP contribution in [0.1, 0.15) is 31.2 Å². The maximum absolute atomic E-state index is 10.3. The van der Waals surface area contributed by atoms with Crippen LogP contribution in [0.25, 0.3) is 0 Å². The van der Waals surface area contributed by atoms with Crippen molar-refractivity contribution in [2.24, 2.45) is 4.99 Å². The van der Waals surface area contributed by atoms with Crippen LogP contribution in [0, 0.1) is 0 Å². The largest absolute Gasteiger partial charge is 0.506 e. The molecule has 0 atom stereocenters. The van der Waals surface area contributed by atoms with Gasteiger partial charge < -0.3 is 20.6 Å². The van der Waals surface area contributed by atoms with E-state index in [1.807, 2.05) is 32.3 Å². The molecule has 6 heteroatoms. The Hall–Kier alpha value is -2.05. The smallest absolute Gasteiger partial charge is 0.196 e. The van der Waals surface area contributed by atoms with Gasteiger partial charge in [-0.05, 0) is 48.7 Å². The Kier molecular flexibility index (Phi) is 7.06. The summed E-state index contributed by atoms with van der Waals surface area (Å²) in [5.41, 5.74) is 1.83. The van der Waals surface area contributed by atoms with Gasteiger partial charge in [0.2, 0.25) is 0 Å². The minimum Gasteiger partial charge on any atom is -0.506 e.